The Kier molecular flexibility index (Phi) is 38.4. The van der Waals surface area contributed by atoms with Crippen LogP contribution in [0.1, 0.15) is 154 Å². The van der Waals surface area contributed by atoms with E-state index in [0.717, 1.165) is 63.5 Å². The molecule has 10 aromatic rings. The first-order valence-electron chi connectivity index (χ1n) is 44.0. The fraction of sp³-hybridized carbons (Fsp3) is 0.438. The number of aromatic amines is 5. The molecule has 5 fully saturated rings. The molecular weight excluding hydrogens is 2000 g/mol. The van der Waals surface area contributed by atoms with Gasteiger partial charge in [0.1, 0.15) is 34.6 Å². The van der Waals surface area contributed by atoms with Crippen LogP contribution < -0.4 is 33.6 Å². The molecule has 0 aliphatic carbocycles. The predicted octanol–water partition coefficient (Wildman–Crippen LogP) is 15.3. The summed E-state index contributed by atoms with van der Waals surface area (Å²) in [5.41, 5.74) is 21.3. The van der Waals surface area contributed by atoms with Crippen molar-refractivity contribution in [3.8, 4) is 0 Å². The van der Waals surface area contributed by atoms with E-state index in [4.69, 9.17) is 85.7 Å². The molecule has 5 amide bonds. The lowest BCUT2D eigenvalue weighted by Gasteiger charge is -2.33. The Hall–Kier alpha value is -11.3. The molecular formula is C89H101Cl5F16N24O7. The summed E-state index contributed by atoms with van der Waals surface area (Å²) in [4.78, 5) is 77.4. The van der Waals surface area contributed by atoms with Crippen molar-refractivity contribution in [1.82, 2.24) is 101 Å². The maximum Gasteiger partial charge on any atom is 0.432 e. The number of nitrogens with one attached hydrogen (secondary N) is 7. The van der Waals surface area contributed by atoms with Crippen LogP contribution in [0.15, 0.2) is 127 Å². The second kappa shape index (κ2) is 49.2. The minimum absolute atomic E-state index is 0.00849. The van der Waals surface area contributed by atoms with E-state index in [2.05, 4.69) is 41.0 Å². The number of carbonyl (C=O) groups is 5. The molecule has 141 heavy (non-hydrogen) atoms. The SMILES string of the molecule is COC1CCN(CCN(Cc2c(N)cccc2Cl)C(=O)c2cc(C(F)(F)F)[nH]n2)C1.Nc1cccc(Cl)c1CN(CC1CCN1)C(=O)c1cc(C(F)(F)F)[nH]n1.Nc1cccc(Cl)c1CN(CCN1CCC(O)C1)C(=O)c1cc(C(F)(F)F)[nH]n1.Nc1cccc(Cl)c1CN(CCN1CCCC(F)C1)C(=O)c1cc(C(F)(F)F)[nH]n1.O=C(c1cc(C(F)(F)F)[nH]n1)N(Cc1ccccc1Cl)CC1CCCN1. The van der Waals surface area contributed by atoms with Crippen molar-refractivity contribution in [3.05, 3.63) is 237 Å². The van der Waals surface area contributed by atoms with E-state index in [1.807, 2.05) is 35.3 Å². The molecule has 5 unspecified atom stereocenters. The van der Waals surface area contributed by atoms with Crippen LogP contribution >= 0.6 is 58.0 Å². The highest BCUT2D eigenvalue weighted by Gasteiger charge is 2.42. The maximum atomic E-state index is 13.7. The van der Waals surface area contributed by atoms with Crippen molar-refractivity contribution in [2.45, 2.75) is 139 Å². The normalized spacial score (nSPS) is 17.5. The summed E-state index contributed by atoms with van der Waals surface area (Å²) in [6, 6.07) is 30.6. The van der Waals surface area contributed by atoms with Gasteiger partial charge < -0.3 is 67.9 Å². The number of likely N-dealkylation sites (tertiary alicyclic amines) is 3. The van der Waals surface area contributed by atoms with E-state index in [1.165, 1.54) is 24.5 Å². The fourth-order valence-electron chi connectivity index (χ4n) is 15.6. The zero-order chi connectivity index (χ0) is 103. The summed E-state index contributed by atoms with van der Waals surface area (Å²) in [5, 5.41) is 45.1. The molecule has 0 radical (unpaired) electrons. The smallest absolute Gasteiger partial charge is 0.398 e. The molecule has 5 aliphatic rings. The van der Waals surface area contributed by atoms with Crippen LogP contribution in [0.3, 0.4) is 0 Å². The summed E-state index contributed by atoms with van der Waals surface area (Å²) < 4.78 is 211. The Bertz CT molecular complexity index is 5750. The molecule has 0 bridgehead atoms. The number of hydrogen-bond acceptors (Lipinski definition) is 21. The van der Waals surface area contributed by atoms with Gasteiger partial charge in [0.25, 0.3) is 29.5 Å². The number of β-amino-alcohol motifs (C(OH)–C–C–N with tert-alkyl or cyclic N) is 1. The van der Waals surface area contributed by atoms with E-state index < -0.39 is 101 Å². The largest absolute Gasteiger partial charge is 0.432 e. The van der Waals surface area contributed by atoms with Gasteiger partial charge in [0.15, 0.2) is 28.5 Å². The lowest BCUT2D eigenvalue weighted by atomic mass is 10.1. The second-order valence-corrected chi connectivity index (χ2v) is 35.7. The zero-order valence-electron chi connectivity index (χ0n) is 75.3. The number of hydrogen-bond donors (Lipinski definition) is 12. The molecule has 5 saturated heterocycles. The molecule has 5 aromatic heterocycles. The van der Waals surface area contributed by atoms with Gasteiger partial charge in [-0.2, -0.15) is 91.3 Å². The molecule has 0 saturated carbocycles. The van der Waals surface area contributed by atoms with Crippen LogP contribution in [0.5, 0.6) is 0 Å². The minimum Gasteiger partial charge on any atom is -0.398 e. The number of aliphatic hydroxyl groups is 1. The first kappa shape index (κ1) is 110. The number of halogens is 21. The predicted molar refractivity (Wildman–Crippen MR) is 493 cm³/mol. The van der Waals surface area contributed by atoms with Crippen molar-refractivity contribution in [1.29, 1.82) is 0 Å². The third kappa shape index (κ3) is 31.4. The topological polar surface area (TPSA) is 412 Å². The first-order valence-corrected chi connectivity index (χ1v) is 45.9. The van der Waals surface area contributed by atoms with E-state index in [9.17, 15) is 99.3 Å². The molecule has 766 valence electrons. The van der Waals surface area contributed by atoms with Crippen LogP contribution in [0.25, 0.3) is 0 Å². The van der Waals surface area contributed by atoms with Crippen molar-refractivity contribution >= 4 is 110 Å². The van der Waals surface area contributed by atoms with Crippen molar-refractivity contribution in [2.24, 2.45) is 0 Å². The average Bonchev–Trinajstić information content (AvgIpc) is 1.74. The number of aliphatic hydroxyl groups excluding tert-OH is 1. The van der Waals surface area contributed by atoms with E-state index in [-0.39, 0.29) is 106 Å². The second-order valence-electron chi connectivity index (χ2n) is 33.7. The number of piperidine rings is 1. The average molecular weight is 2100 g/mol. The van der Waals surface area contributed by atoms with E-state index >= 15 is 0 Å². The molecule has 5 aliphatic heterocycles. The van der Waals surface area contributed by atoms with Crippen LogP contribution in [0.4, 0.5) is 93.0 Å². The standard InChI is InChI=1S/C19H22ClF4N5O.C19H23ClF3N5O2.C18H21ClF3N5O2.C17H18ClF3N4O.C16H17ClF3N5O/c20-14-4-1-5-15(25)13(14)11-29(8-7-28-6-2-3-12(21)10-28)18(30)16-9-17(27-26-16)19(22,23)24;1-30-12-5-6-27(10-12)7-8-28(11-13-14(20)3-2-4-15(13)24)18(29)16-9-17(26-25-16)19(21,22)23;19-13-2-1-3-14(23)12(13)10-27(7-6-26-5-4-11(28)9-26)17(29)15-8-16(25-24-15)18(20,21)22;18-13-6-2-1-4-11(13)9-25(10-12-5-3-7-22-12)16(26)14-8-15(24-23-14)17(19,20)21;17-11-2-1-3-12(21)10(11)8-25(7-9-4-5-22-9)15(26)13-6-14(24-23-13)16(18,19)20/h1,4-5,9,12H,2-3,6-8,10-11,25H2,(H,26,27);2-4,9,12H,5-8,10-11,24H2,1H3,(H,25,26);1-3,8,11,28H,4-7,9-10,23H2,(H,24,25);1-2,4,6,8,12,22H,3,5,7,9-10H2,(H,23,24);1-3,6,9,22H,4-5,7-8,21H2,(H,23,24). The molecule has 15 rings (SSSR count). The first-order chi connectivity index (χ1) is 66.6. The van der Waals surface area contributed by atoms with Gasteiger partial charge in [-0.1, -0.05) is 100 Å². The Balaban J connectivity index is 0.000000169. The Morgan fingerprint density at radius 1 is 0.390 bits per heavy atom. The summed E-state index contributed by atoms with van der Waals surface area (Å²) in [5.74, 6) is -3.19. The van der Waals surface area contributed by atoms with Crippen LogP contribution in [-0.4, -0.2) is 267 Å². The number of anilines is 4. The minimum atomic E-state index is -4.65. The van der Waals surface area contributed by atoms with Crippen molar-refractivity contribution < 1.29 is 104 Å². The number of rotatable bonds is 29. The highest BCUT2D eigenvalue weighted by atomic mass is 35.5. The summed E-state index contributed by atoms with van der Waals surface area (Å²) >= 11 is 31.0. The number of nitrogens with zero attached hydrogens (tertiary/aromatic N) is 13. The number of amides is 5. The quantitative estimate of drug-likeness (QED) is 0.0153. The molecule has 16 N–H and O–H groups in total. The lowest BCUT2D eigenvalue weighted by molar-refractivity contribution is -0.142. The third-order valence-electron chi connectivity index (χ3n) is 23.6. The van der Waals surface area contributed by atoms with Gasteiger partial charge in [-0.05, 0) is 125 Å². The molecule has 52 heteroatoms. The molecule has 5 atom stereocenters. The van der Waals surface area contributed by atoms with Gasteiger partial charge in [0, 0.05) is 237 Å². The molecule has 10 heterocycles. The summed E-state index contributed by atoms with van der Waals surface area (Å²) in [6.07, 6.45) is -18.8. The molecule has 0 spiro atoms. The summed E-state index contributed by atoms with van der Waals surface area (Å²) in [6.45, 7) is 8.39. The Labute approximate surface area is 821 Å². The number of nitrogen functional groups attached to an aromatic ring is 4. The van der Waals surface area contributed by atoms with Gasteiger partial charge >= 0.3 is 30.9 Å². The lowest BCUT2D eigenvalue weighted by Crippen LogP contribution is -2.51. The third-order valence-corrected chi connectivity index (χ3v) is 25.4. The van der Waals surface area contributed by atoms with E-state index in [0.29, 0.717) is 166 Å². The van der Waals surface area contributed by atoms with Crippen LogP contribution in [0, 0.1) is 0 Å². The number of aromatic nitrogens is 10. The molecule has 31 nitrogen and oxygen atoms in total. The Morgan fingerprint density at radius 2 is 0.709 bits per heavy atom. The number of H-pyrrole nitrogens is 5. The Morgan fingerprint density at radius 3 is 1.00 bits per heavy atom. The van der Waals surface area contributed by atoms with Gasteiger partial charge in [0.05, 0.1) is 12.2 Å². The number of alkyl halides is 16. The van der Waals surface area contributed by atoms with Crippen molar-refractivity contribution in [3.63, 3.8) is 0 Å². The van der Waals surface area contributed by atoms with Gasteiger partial charge in [0.2, 0.25) is 0 Å². The highest BCUT2D eigenvalue weighted by Crippen LogP contribution is 2.37. The van der Waals surface area contributed by atoms with Gasteiger partial charge in [-0.3, -0.25) is 64.2 Å². The van der Waals surface area contributed by atoms with Crippen LogP contribution in [-0.2, 0) is 68.3 Å². The van der Waals surface area contributed by atoms with Crippen LogP contribution in [0.2, 0.25) is 25.1 Å². The number of methoxy groups -OCH3 is 1. The van der Waals surface area contributed by atoms with Gasteiger partial charge in [-0.25, -0.2) is 4.39 Å². The monoisotopic (exact) mass is 2100 g/mol. The van der Waals surface area contributed by atoms with E-state index in [1.54, 1.807) is 104 Å². The summed E-state index contributed by atoms with van der Waals surface area (Å²) in [7, 11) is 1.65. The van der Waals surface area contributed by atoms with Crippen molar-refractivity contribution in [2.75, 3.05) is 135 Å². The van der Waals surface area contributed by atoms with Gasteiger partial charge in [-0.15, -0.1) is 0 Å². The maximum absolute atomic E-state index is 13.7. The number of ether oxygens (including phenoxy) is 1. The fourth-order valence-corrected chi connectivity index (χ4v) is 16.8. The zero-order valence-corrected chi connectivity index (χ0v) is 79.0. The molecule has 5 aromatic carbocycles. The number of benzene rings is 5. The highest BCUT2D eigenvalue weighted by molar-refractivity contribution is 6.33. The number of nitrogens with two attached hydrogens (primary N) is 4. The number of carbonyl (C=O) groups excluding carboxylic acids is 5.